The Hall–Kier alpha value is -1.94. The van der Waals surface area contributed by atoms with Crippen LogP contribution in [0.2, 0.25) is 0 Å². The molecule has 18 heavy (non-hydrogen) atoms. The molecule has 92 valence electrons. The second kappa shape index (κ2) is 4.74. The van der Waals surface area contributed by atoms with Crippen molar-refractivity contribution < 1.29 is 5.11 Å². The molecule has 4 nitrogen and oxygen atoms in total. The quantitative estimate of drug-likeness (QED) is 0.862. The number of aromatic hydroxyl groups is 1. The Bertz CT molecular complexity index is 542. The van der Waals surface area contributed by atoms with Gasteiger partial charge in [0, 0.05) is 18.8 Å². The molecule has 1 unspecified atom stereocenters. The molecule has 1 aromatic heterocycles. The van der Waals surface area contributed by atoms with Gasteiger partial charge >= 0.3 is 0 Å². The van der Waals surface area contributed by atoms with Gasteiger partial charge in [-0.2, -0.15) is 10.2 Å². The third kappa shape index (κ3) is 2.07. The van der Waals surface area contributed by atoms with Gasteiger partial charge in [-0.3, -0.25) is 0 Å². The Morgan fingerprint density at radius 1 is 1.28 bits per heavy atom. The van der Waals surface area contributed by atoms with E-state index in [1.54, 1.807) is 12.3 Å². The number of benzene rings is 1. The zero-order valence-electron chi connectivity index (χ0n) is 10.0. The van der Waals surface area contributed by atoms with Crippen molar-refractivity contribution in [2.24, 2.45) is 0 Å². The molecular weight excluding hydrogens is 226 g/mol. The maximum Gasteiger partial charge on any atom is 0.119 e. The van der Waals surface area contributed by atoms with Crippen LogP contribution in [0.25, 0.3) is 0 Å². The summed E-state index contributed by atoms with van der Waals surface area (Å²) in [5, 5.41) is 21.2. The number of hydrogen-bond donors (Lipinski definition) is 2. The van der Waals surface area contributed by atoms with Crippen molar-refractivity contribution in [3.8, 4) is 5.75 Å². The molecule has 4 heteroatoms. The third-order valence-corrected chi connectivity index (χ3v) is 3.40. The van der Waals surface area contributed by atoms with E-state index >= 15 is 0 Å². The maximum absolute atomic E-state index is 9.78. The Morgan fingerprint density at radius 2 is 2.22 bits per heavy atom. The van der Waals surface area contributed by atoms with E-state index in [9.17, 15) is 5.11 Å². The highest BCUT2D eigenvalue weighted by Crippen LogP contribution is 2.36. The Balaban J connectivity index is 1.72. The van der Waals surface area contributed by atoms with Crippen LogP contribution in [0.4, 0.5) is 0 Å². The Kier molecular flexibility index (Phi) is 2.94. The number of phenols is 1. The topological polar surface area (TPSA) is 58.0 Å². The van der Waals surface area contributed by atoms with Crippen molar-refractivity contribution in [1.29, 1.82) is 0 Å². The number of nitrogens with one attached hydrogen (secondary N) is 1. The molecule has 2 aromatic rings. The van der Waals surface area contributed by atoms with Crippen LogP contribution in [0, 0.1) is 0 Å². The van der Waals surface area contributed by atoms with E-state index in [1.807, 2.05) is 18.2 Å². The first-order chi connectivity index (χ1) is 8.84. The van der Waals surface area contributed by atoms with Crippen molar-refractivity contribution in [3.63, 3.8) is 0 Å². The van der Waals surface area contributed by atoms with Gasteiger partial charge in [0.05, 0.1) is 5.69 Å². The average Bonchev–Trinajstić information content (AvgIpc) is 2.82. The van der Waals surface area contributed by atoms with E-state index in [1.165, 1.54) is 5.56 Å². The summed E-state index contributed by atoms with van der Waals surface area (Å²) < 4.78 is 0. The van der Waals surface area contributed by atoms with Crippen LogP contribution in [0.15, 0.2) is 36.5 Å². The van der Waals surface area contributed by atoms with Crippen LogP contribution in [-0.4, -0.2) is 15.3 Å². The van der Waals surface area contributed by atoms with Gasteiger partial charge in [-0.15, -0.1) is 0 Å². The standard InChI is InChI=1S/C14H15N3O/c18-14-5-1-4-11-12(14)6-7-13(11)15-9-10-3-2-8-16-17-10/h1-5,8,13,15,18H,6-7,9H2. The van der Waals surface area contributed by atoms with Gasteiger partial charge in [-0.1, -0.05) is 12.1 Å². The van der Waals surface area contributed by atoms with Crippen LogP contribution in [0.5, 0.6) is 5.75 Å². The first-order valence-electron chi connectivity index (χ1n) is 6.15. The number of phenolic OH excluding ortho intramolecular Hbond substituents is 1. The number of fused-ring (bicyclic) bond motifs is 1. The molecule has 1 aliphatic rings. The van der Waals surface area contributed by atoms with Gasteiger partial charge in [0.2, 0.25) is 0 Å². The van der Waals surface area contributed by atoms with E-state index < -0.39 is 0 Å². The summed E-state index contributed by atoms with van der Waals surface area (Å²) >= 11 is 0. The summed E-state index contributed by atoms with van der Waals surface area (Å²) in [4.78, 5) is 0. The van der Waals surface area contributed by atoms with E-state index in [2.05, 4.69) is 21.6 Å². The van der Waals surface area contributed by atoms with Crippen molar-refractivity contribution in [3.05, 3.63) is 53.3 Å². The molecule has 0 fully saturated rings. The smallest absolute Gasteiger partial charge is 0.119 e. The van der Waals surface area contributed by atoms with Gasteiger partial charge in [-0.25, -0.2) is 0 Å². The molecular formula is C14H15N3O. The largest absolute Gasteiger partial charge is 0.508 e. The average molecular weight is 241 g/mol. The molecule has 0 radical (unpaired) electrons. The molecule has 0 saturated heterocycles. The van der Waals surface area contributed by atoms with E-state index in [0.29, 0.717) is 18.3 Å². The van der Waals surface area contributed by atoms with Crippen molar-refractivity contribution in [1.82, 2.24) is 15.5 Å². The van der Waals surface area contributed by atoms with E-state index in [0.717, 1.165) is 24.1 Å². The summed E-state index contributed by atoms with van der Waals surface area (Å²) in [6, 6.07) is 9.88. The molecule has 3 rings (SSSR count). The number of hydrogen-bond acceptors (Lipinski definition) is 4. The normalized spacial score (nSPS) is 17.7. The van der Waals surface area contributed by atoms with Crippen molar-refractivity contribution in [2.45, 2.75) is 25.4 Å². The summed E-state index contributed by atoms with van der Waals surface area (Å²) in [6.07, 6.45) is 3.62. The first kappa shape index (κ1) is 11.2. The predicted molar refractivity (Wildman–Crippen MR) is 68.0 cm³/mol. The second-order valence-electron chi connectivity index (χ2n) is 4.53. The minimum atomic E-state index is 0.300. The predicted octanol–water partition coefficient (Wildman–Crippen LogP) is 1.96. The van der Waals surface area contributed by atoms with Crippen molar-refractivity contribution in [2.75, 3.05) is 0 Å². The monoisotopic (exact) mass is 241 g/mol. The minimum absolute atomic E-state index is 0.300. The number of nitrogens with zero attached hydrogens (tertiary/aromatic N) is 2. The van der Waals surface area contributed by atoms with Gasteiger partial charge in [0.25, 0.3) is 0 Å². The van der Waals surface area contributed by atoms with Gasteiger partial charge in [0.15, 0.2) is 0 Å². The van der Waals surface area contributed by atoms with Crippen LogP contribution < -0.4 is 5.32 Å². The van der Waals surface area contributed by atoms with Crippen molar-refractivity contribution >= 4 is 0 Å². The molecule has 0 amide bonds. The van der Waals surface area contributed by atoms with E-state index in [4.69, 9.17) is 0 Å². The molecule has 1 aliphatic carbocycles. The molecule has 0 spiro atoms. The lowest BCUT2D eigenvalue weighted by molar-refractivity contribution is 0.469. The van der Waals surface area contributed by atoms with Gasteiger partial charge in [0.1, 0.15) is 5.75 Å². The van der Waals surface area contributed by atoms with Gasteiger partial charge < -0.3 is 10.4 Å². The molecule has 0 saturated carbocycles. The van der Waals surface area contributed by atoms with Crippen LogP contribution in [0.3, 0.4) is 0 Å². The number of aromatic nitrogens is 2. The summed E-state index contributed by atoms with van der Waals surface area (Å²) in [6.45, 7) is 0.702. The molecule has 1 atom stereocenters. The summed E-state index contributed by atoms with van der Waals surface area (Å²) in [5.41, 5.74) is 3.22. The Morgan fingerprint density at radius 3 is 3.06 bits per heavy atom. The third-order valence-electron chi connectivity index (χ3n) is 3.40. The van der Waals surface area contributed by atoms with Crippen LogP contribution >= 0.6 is 0 Å². The van der Waals surface area contributed by atoms with Crippen LogP contribution in [0.1, 0.15) is 29.3 Å². The fraction of sp³-hybridized carbons (Fsp3) is 0.286. The molecule has 1 aromatic carbocycles. The second-order valence-corrected chi connectivity index (χ2v) is 4.53. The highest BCUT2D eigenvalue weighted by molar-refractivity contribution is 5.44. The fourth-order valence-corrected chi connectivity index (χ4v) is 2.50. The summed E-state index contributed by atoms with van der Waals surface area (Å²) in [7, 11) is 0. The minimum Gasteiger partial charge on any atom is -0.508 e. The maximum atomic E-state index is 9.78. The summed E-state index contributed by atoms with van der Waals surface area (Å²) in [5.74, 6) is 0.413. The number of rotatable bonds is 3. The fourth-order valence-electron chi connectivity index (χ4n) is 2.50. The lowest BCUT2D eigenvalue weighted by Gasteiger charge is -2.13. The molecule has 2 N–H and O–H groups in total. The highest BCUT2D eigenvalue weighted by atomic mass is 16.3. The zero-order chi connectivity index (χ0) is 12.4. The molecule has 1 heterocycles. The first-order valence-corrected chi connectivity index (χ1v) is 6.15. The van der Waals surface area contributed by atoms with Gasteiger partial charge in [-0.05, 0) is 42.2 Å². The lowest BCUT2D eigenvalue weighted by atomic mass is 10.1. The van der Waals surface area contributed by atoms with E-state index in [-0.39, 0.29) is 0 Å². The van der Waals surface area contributed by atoms with Crippen LogP contribution in [-0.2, 0) is 13.0 Å². The molecule has 0 bridgehead atoms. The molecule has 0 aliphatic heterocycles. The Labute approximate surface area is 106 Å². The SMILES string of the molecule is Oc1cccc2c1CCC2NCc1cccnn1. The zero-order valence-corrected chi connectivity index (χ0v) is 10.0. The highest BCUT2D eigenvalue weighted by Gasteiger charge is 2.23. The lowest BCUT2D eigenvalue weighted by Crippen LogP contribution is -2.19.